The highest BCUT2D eigenvalue weighted by atomic mass is 16.1. The van der Waals surface area contributed by atoms with Gasteiger partial charge in [-0.3, -0.25) is 4.79 Å². The minimum atomic E-state index is -0.250. The molecule has 1 amide bonds. The summed E-state index contributed by atoms with van der Waals surface area (Å²) >= 11 is 0. The highest BCUT2D eigenvalue weighted by Crippen LogP contribution is 2.43. The van der Waals surface area contributed by atoms with Crippen LogP contribution in [0.3, 0.4) is 0 Å². The van der Waals surface area contributed by atoms with Crippen LogP contribution in [0.25, 0.3) is 44.3 Å². The Hall–Kier alpha value is -4.39. The molecule has 0 radical (unpaired) electrons. The van der Waals surface area contributed by atoms with E-state index in [0.717, 1.165) is 44.3 Å². The fraction of sp³-hybridized carbons (Fsp3) is 0.0417. The van der Waals surface area contributed by atoms with Crippen LogP contribution in [0.1, 0.15) is 0 Å². The maximum Gasteiger partial charge on any atom is 0.247 e. The van der Waals surface area contributed by atoms with E-state index in [1.165, 1.54) is 12.4 Å². The molecule has 3 heterocycles. The van der Waals surface area contributed by atoms with Gasteiger partial charge in [-0.1, -0.05) is 36.9 Å². The van der Waals surface area contributed by atoms with Crippen molar-refractivity contribution in [3.63, 3.8) is 0 Å². The van der Waals surface area contributed by atoms with Crippen LogP contribution in [0.15, 0.2) is 73.7 Å². The quantitative estimate of drug-likeness (QED) is 0.381. The number of rotatable bonds is 4. The van der Waals surface area contributed by atoms with E-state index in [1.54, 1.807) is 0 Å². The number of aryl methyl sites for hydroxylation is 1. The summed E-state index contributed by atoms with van der Waals surface area (Å²) in [4.78, 5) is 23.7. The second-order valence-electron chi connectivity index (χ2n) is 7.26. The molecule has 7 heteroatoms. The number of nitrogens with zero attached hydrogens (tertiary/aromatic N) is 3. The Balaban J connectivity index is 1.78. The summed E-state index contributed by atoms with van der Waals surface area (Å²) in [6, 6.07) is 15.8. The number of H-pyrrole nitrogens is 1. The molecule has 0 saturated carbocycles. The zero-order valence-corrected chi connectivity index (χ0v) is 16.9. The summed E-state index contributed by atoms with van der Waals surface area (Å²) in [6.45, 7) is 3.49. The van der Waals surface area contributed by atoms with Crippen molar-refractivity contribution in [3.8, 4) is 22.4 Å². The number of hydrogen-bond donors (Lipinski definition) is 3. The predicted molar refractivity (Wildman–Crippen MR) is 124 cm³/mol. The third kappa shape index (κ3) is 2.95. The number of amides is 1. The van der Waals surface area contributed by atoms with Gasteiger partial charge in [-0.15, -0.1) is 0 Å². The van der Waals surface area contributed by atoms with E-state index in [9.17, 15) is 4.79 Å². The lowest BCUT2D eigenvalue weighted by atomic mass is 9.98. The Morgan fingerprint density at radius 1 is 1.16 bits per heavy atom. The Bertz CT molecular complexity index is 1460. The monoisotopic (exact) mass is 408 g/mol. The van der Waals surface area contributed by atoms with Crippen molar-refractivity contribution < 1.29 is 4.79 Å². The minimum Gasteiger partial charge on any atom is -0.383 e. The molecule has 0 spiro atoms. The standard InChI is InChI=1S/C24H20N6O/c1-3-19(31)29-15-10-8-14(9-11-15)22-20(17-12-26-18-7-5-4-6-16(17)18)21-23(25)27-13-28-24(21)30(22)2/h3-13,26H,1H2,2H3,(H,29,31)(H2,25,27,28). The smallest absolute Gasteiger partial charge is 0.247 e. The van der Waals surface area contributed by atoms with Gasteiger partial charge in [-0.05, 0) is 29.8 Å². The average molecular weight is 408 g/mol. The molecule has 31 heavy (non-hydrogen) atoms. The molecule has 0 unspecified atom stereocenters. The maximum absolute atomic E-state index is 11.6. The Kier molecular flexibility index (Phi) is 4.29. The number of benzene rings is 2. The summed E-state index contributed by atoms with van der Waals surface area (Å²) in [5.41, 5.74) is 12.8. The number of carbonyl (C=O) groups excluding carboxylic acids is 1. The zero-order chi connectivity index (χ0) is 21.5. The van der Waals surface area contributed by atoms with E-state index in [2.05, 4.69) is 32.9 Å². The van der Waals surface area contributed by atoms with Crippen LogP contribution >= 0.6 is 0 Å². The third-order valence-corrected chi connectivity index (χ3v) is 5.47. The number of hydrogen-bond acceptors (Lipinski definition) is 4. The van der Waals surface area contributed by atoms with Crippen molar-refractivity contribution in [1.82, 2.24) is 19.5 Å². The van der Waals surface area contributed by atoms with E-state index < -0.39 is 0 Å². The lowest BCUT2D eigenvalue weighted by Gasteiger charge is -2.10. The van der Waals surface area contributed by atoms with Crippen molar-refractivity contribution in [2.45, 2.75) is 0 Å². The van der Waals surface area contributed by atoms with Crippen LogP contribution in [-0.4, -0.2) is 25.4 Å². The molecule has 0 bridgehead atoms. The van der Waals surface area contributed by atoms with E-state index in [1.807, 2.05) is 60.3 Å². The fourth-order valence-electron chi connectivity index (χ4n) is 4.06. The second-order valence-corrected chi connectivity index (χ2v) is 7.26. The SMILES string of the molecule is C=CC(=O)Nc1ccc(-c2c(-c3c[nH]c4ccccc34)c3c(N)ncnc3n2C)cc1. The average Bonchev–Trinajstić information content (AvgIpc) is 3.34. The minimum absolute atomic E-state index is 0.250. The van der Waals surface area contributed by atoms with Crippen LogP contribution in [0.4, 0.5) is 11.5 Å². The summed E-state index contributed by atoms with van der Waals surface area (Å²) < 4.78 is 2.03. The van der Waals surface area contributed by atoms with Gasteiger partial charge < -0.3 is 20.6 Å². The molecular weight excluding hydrogens is 388 g/mol. The van der Waals surface area contributed by atoms with Gasteiger partial charge in [-0.25, -0.2) is 9.97 Å². The van der Waals surface area contributed by atoms with Gasteiger partial charge in [0.25, 0.3) is 0 Å². The van der Waals surface area contributed by atoms with E-state index in [-0.39, 0.29) is 5.91 Å². The highest BCUT2D eigenvalue weighted by molar-refractivity contribution is 6.13. The van der Waals surface area contributed by atoms with Crippen molar-refractivity contribution in [2.24, 2.45) is 7.05 Å². The van der Waals surface area contributed by atoms with Crippen LogP contribution in [0, 0.1) is 0 Å². The maximum atomic E-state index is 11.6. The molecule has 2 aromatic carbocycles. The molecule has 7 nitrogen and oxygen atoms in total. The number of aromatic amines is 1. The molecule has 0 aliphatic rings. The number of anilines is 2. The normalized spacial score (nSPS) is 11.1. The van der Waals surface area contributed by atoms with Crippen LogP contribution in [0.2, 0.25) is 0 Å². The van der Waals surface area contributed by atoms with Crippen LogP contribution in [-0.2, 0) is 11.8 Å². The van der Waals surface area contributed by atoms with Gasteiger partial charge in [0.05, 0.1) is 11.1 Å². The van der Waals surface area contributed by atoms with E-state index in [0.29, 0.717) is 11.5 Å². The number of nitrogen functional groups attached to an aromatic ring is 1. The Morgan fingerprint density at radius 3 is 2.71 bits per heavy atom. The number of nitrogens with two attached hydrogens (primary N) is 1. The lowest BCUT2D eigenvalue weighted by molar-refractivity contribution is -0.111. The van der Waals surface area contributed by atoms with Crippen molar-refractivity contribution in [3.05, 3.63) is 73.7 Å². The molecule has 0 saturated heterocycles. The van der Waals surface area contributed by atoms with Gasteiger partial charge in [0, 0.05) is 41.0 Å². The van der Waals surface area contributed by atoms with Crippen LogP contribution < -0.4 is 11.1 Å². The van der Waals surface area contributed by atoms with Crippen molar-refractivity contribution in [2.75, 3.05) is 11.1 Å². The number of nitrogens with one attached hydrogen (secondary N) is 2. The largest absolute Gasteiger partial charge is 0.383 e. The van der Waals surface area contributed by atoms with Gasteiger partial charge in [0.2, 0.25) is 5.91 Å². The predicted octanol–water partition coefficient (Wildman–Crippen LogP) is 4.49. The van der Waals surface area contributed by atoms with E-state index in [4.69, 9.17) is 5.73 Å². The van der Waals surface area contributed by atoms with Gasteiger partial charge in [-0.2, -0.15) is 0 Å². The first-order valence-electron chi connectivity index (χ1n) is 9.77. The molecule has 4 N–H and O–H groups in total. The number of aromatic nitrogens is 4. The lowest BCUT2D eigenvalue weighted by Crippen LogP contribution is -2.06. The Morgan fingerprint density at radius 2 is 1.94 bits per heavy atom. The first-order valence-corrected chi connectivity index (χ1v) is 9.77. The molecule has 152 valence electrons. The molecule has 0 aliphatic heterocycles. The first kappa shape index (κ1) is 18.6. The van der Waals surface area contributed by atoms with E-state index >= 15 is 0 Å². The van der Waals surface area contributed by atoms with Gasteiger partial charge >= 0.3 is 0 Å². The molecule has 0 fully saturated rings. The Labute approximate surface area is 178 Å². The molecule has 5 rings (SSSR count). The molecule has 3 aromatic heterocycles. The van der Waals surface area contributed by atoms with Crippen LogP contribution in [0.5, 0.6) is 0 Å². The summed E-state index contributed by atoms with van der Waals surface area (Å²) in [5, 5.41) is 4.68. The summed E-state index contributed by atoms with van der Waals surface area (Å²) in [5.74, 6) is 0.182. The number of fused-ring (bicyclic) bond motifs is 2. The van der Waals surface area contributed by atoms with Crippen molar-refractivity contribution >= 4 is 39.3 Å². The molecule has 0 atom stereocenters. The topological polar surface area (TPSA) is 102 Å². The summed E-state index contributed by atoms with van der Waals surface area (Å²) in [7, 11) is 1.97. The summed E-state index contributed by atoms with van der Waals surface area (Å²) in [6.07, 6.45) is 4.72. The fourth-order valence-corrected chi connectivity index (χ4v) is 4.06. The third-order valence-electron chi connectivity index (χ3n) is 5.47. The van der Waals surface area contributed by atoms with Gasteiger partial charge in [0.1, 0.15) is 17.8 Å². The molecule has 0 aliphatic carbocycles. The number of carbonyl (C=O) groups is 1. The highest BCUT2D eigenvalue weighted by Gasteiger charge is 2.23. The first-order chi connectivity index (χ1) is 15.1. The molecule has 5 aromatic rings. The number of para-hydroxylation sites is 1. The van der Waals surface area contributed by atoms with Gasteiger partial charge in [0.15, 0.2) is 0 Å². The molecular formula is C24H20N6O. The second kappa shape index (κ2) is 7.14. The van der Waals surface area contributed by atoms with Crippen molar-refractivity contribution in [1.29, 1.82) is 0 Å². The zero-order valence-electron chi connectivity index (χ0n) is 16.9.